The summed E-state index contributed by atoms with van der Waals surface area (Å²) in [6.45, 7) is 0.232. The number of rotatable bonds is 8. The first-order chi connectivity index (χ1) is 11.7. The van der Waals surface area contributed by atoms with E-state index in [-0.39, 0.29) is 18.9 Å². The Morgan fingerprint density at radius 2 is 1.71 bits per heavy atom. The van der Waals surface area contributed by atoms with E-state index in [0.717, 1.165) is 17.5 Å². The van der Waals surface area contributed by atoms with Crippen molar-refractivity contribution in [2.45, 2.75) is 12.8 Å². The molecule has 0 bridgehead atoms. The summed E-state index contributed by atoms with van der Waals surface area (Å²) in [5, 5.41) is 2.73. The predicted molar refractivity (Wildman–Crippen MR) is 90.8 cm³/mol. The lowest BCUT2D eigenvalue weighted by molar-refractivity contribution is -0.147. The van der Waals surface area contributed by atoms with E-state index in [1.54, 1.807) is 19.2 Å². The molecular weight excluding hydrogens is 306 g/mol. The van der Waals surface area contributed by atoms with E-state index in [4.69, 9.17) is 9.47 Å². The monoisotopic (exact) mass is 327 g/mol. The average molecular weight is 327 g/mol. The molecule has 5 heteroatoms. The van der Waals surface area contributed by atoms with Crippen molar-refractivity contribution >= 4 is 11.9 Å². The minimum atomic E-state index is -0.460. The second kappa shape index (κ2) is 9.35. The molecule has 0 aliphatic heterocycles. The Balaban J connectivity index is 1.68. The molecule has 2 aromatic rings. The predicted octanol–water partition coefficient (Wildman–Crippen LogP) is 2.14. The van der Waals surface area contributed by atoms with Gasteiger partial charge in [0.25, 0.3) is 5.91 Å². The van der Waals surface area contributed by atoms with Crippen LogP contribution in [0.4, 0.5) is 0 Å². The number of nitrogens with one attached hydrogen (secondary N) is 1. The highest BCUT2D eigenvalue weighted by Crippen LogP contribution is 2.17. The van der Waals surface area contributed by atoms with Crippen LogP contribution in [0.5, 0.6) is 5.75 Å². The van der Waals surface area contributed by atoms with Crippen LogP contribution < -0.4 is 10.1 Å². The lowest BCUT2D eigenvalue weighted by atomic mass is 10.1. The zero-order valence-corrected chi connectivity index (χ0v) is 13.7. The molecule has 0 saturated heterocycles. The van der Waals surface area contributed by atoms with Gasteiger partial charge in [-0.1, -0.05) is 48.5 Å². The number of hydrogen-bond donors (Lipinski definition) is 1. The van der Waals surface area contributed by atoms with Crippen LogP contribution in [-0.4, -0.2) is 32.1 Å². The molecule has 0 spiro atoms. The molecule has 0 aromatic heterocycles. The number of amides is 1. The van der Waals surface area contributed by atoms with E-state index in [9.17, 15) is 9.59 Å². The molecule has 5 nitrogen and oxygen atoms in total. The van der Waals surface area contributed by atoms with E-state index >= 15 is 0 Å². The van der Waals surface area contributed by atoms with Crippen LogP contribution in [0.1, 0.15) is 11.1 Å². The molecule has 2 rings (SSSR count). The summed E-state index contributed by atoms with van der Waals surface area (Å²) >= 11 is 0. The molecule has 0 saturated carbocycles. The van der Waals surface area contributed by atoms with Crippen LogP contribution in [0.2, 0.25) is 0 Å². The maximum atomic E-state index is 11.8. The van der Waals surface area contributed by atoms with E-state index in [1.165, 1.54) is 0 Å². The van der Waals surface area contributed by atoms with Crippen molar-refractivity contribution in [2.75, 3.05) is 20.3 Å². The zero-order valence-electron chi connectivity index (χ0n) is 13.7. The van der Waals surface area contributed by atoms with Crippen LogP contribution >= 0.6 is 0 Å². The Morgan fingerprint density at radius 3 is 2.46 bits per heavy atom. The van der Waals surface area contributed by atoms with Crippen molar-refractivity contribution < 1.29 is 19.1 Å². The van der Waals surface area contributed by atoms with Crippen LogP contribution in [0.15, 0.2) is 54.6 Å². The molecule has 126 valence electrons. The summed E-state index contributed by atoms with van der Waals surface area (Å²) in [7, 11) is 1.55. The summed E-state index contributed by atoms with van der Waals surface area (Å²) in [4.78, 5) is 23.5. The second-order valence-corrected chi connectivity index (χ2v) is 5.23. The first kappa shape index (κ1) is 17.5. The number of methoxy groups -OCH3 is 1. The van der Waals surface area contributed by atoms with Crippen molar-refractivity contribution in [1.29, 1.82) is 0 Å². The Morgan fingerprint density at radius 1 is 1.00 bits per heavy atom. The van der Waals surface area contributed by atoms with Crippen LogP contribution in [0, 0.1) is 0 Å². The minimum Gasteiger partial charge on any atom is -0.496 e. The van der Waals surface area contributed by atoms with Gasteiger partial charge in [0, 0.05) is 12.1 Å². The Hall–Kier alpha value is -2.82. The van der Waals surface area contributed by atoms with E-state index in [1.807, 2.05) is 42.5 Å². The molecular formula is C19H21NO4. The standard InChI is InChI=1S/C19H21NO4/c1-23-17-10-6-5-9-16(17)13-19(22)24-14-18(21)20-12-11-15-7-3-2-4-8-15/h2-10H,11-14H2,1H3,(H,20,21). The highest BCUT2D eigenvalue weighted by atomic mass is 16.5. The van der Waals surface area contributed by atoms with Gasteiger partial charge in [0.05, 0.1) is 13.5 Å². The fourth-order valence-electron chi connectivity index (χ4n) is 2.24. The van der Waals surface area contributed by atoms with Gasteiger partial charge in [-0.3, -0.25) is 9.59 Å². The van der Waals surface area contributed by atoms with E-state index in [0.29, 0.717) is 12.3 Å². The van der Waals surface area contributed by atoms with Gasteiger partial charge in [-0.25, -0.2) is 0 Å². The SMILES string of the molecule is COc1ccccc1CC(=O)OCC(=O)NCCc1ccccc1. The fourth-order valence-corrected chi connectivity index (χ4v) is 2.24. The van der Waals surface area contributed by atoms with Gasteiger partial charge < -0.3 is 14.8 Å². The number of hydrogen-bond acceptors (Lipinski definition) is 4. The van der Waals surface area contributed by atoms with Gasteiger partial charge in [-0.15, -0.1) is 0 Å². The highest BCUT2D eigenvalue weighted by Gasteiger charge is 2.11. The smallest absolute Gasteiger partial charge is 0.310 e. The topological polar surface area (TPSA) is 64.6 Å². The van der Waals surface area contributed by atoms with Crippen molar-refractivity contribution in [1.82, 2.24) is 5.32 Å². The lowest BCUT2D eigenvalue weighted by Crippen LogP contribution is -2.30. The van der Waals surface area contributed by atoms with Gasteiger partial charge in [0.2, 0.25) is 0 Å². The van der Waals surface area contributed by atoms with Gasteiger partial charge in [-0.2, -0.15) is 0 Å². The fraction of sp³-hybridized carbons (Fsp3) is 0.263. The Kier molecular flexibility index (Phi) is 6.83. The largest absolute Gasteiger partial charge is 0.496 e. The van der Waals surface area contributed by atoms with Crippen molar-refractivity contribution in [3.05, 3.63) is 65.7 Å². The van der Waals surface area contributed by atoms with Crippen molar-refractivity contribution in [3.8, 4) is 5.75 Å². The molecule has 24 heavy (non-hydrogen) atoms. The second-order valence-electron chi connectivity index (χ2n) is 5.23. The average Bonchev–Trinajstić information content (AvgIpc) is 2.61. The first-order valence-electron chi connectivity index (χ1n) is 7.77. The lowest BCUT2D eigenvalue weighted by Gasteiger charge is -2.09. The molecule has 0 radical (unpaired) electrons. The number of esters is 1. The molecule has 0 aliphatic rings. The van der Waals surface area contributed by atoms with Gasteiger partial charge in [0.15, 0.2) is 6.61 Å². The molecule has 0 atom stereocenters. The van der Waals surface area contributed by atoms with Crippen molar-refractivity contribution in [2.24, 2.45) is 0 Å². The quantitative estimate of drug-likeness (QED) is 0.755. The van der Waals surface area contributed by atoms with Crippen LogP contribution in [0.25, 0.3) is 0 Å². The van der Waals surface area contributed by atoms with Crippen molar-refractivity contribution in [3.63, 3.8) is 0 Å². The molecule has 1 N–H and O–H groups in total. The third-order valence-corrected chi connectivity index (χ3v) is 3.47. The van der Waals surface area contributed by atoms with Crippen LogP contribution in [0.3, 0.4) is 0 Å². The summed E-state index contributed by atoms with van der Waals surface area (Å²) in [6.07, 6.45) is 0.809. The normalized spacial score (nSPS) is 10.0. The Bertz CT molecular complexity index is 670. The van der Waals surface area contributed by atoms with E-state index < -0.39 is 5.97 Å². The molecule has 0 aliphatic carbocycles. The summed E-state index contributed by atoms with van der Waals surface area (Å²) in [5.41, 5.74) is 1.88. The van der Waals surface area contributed by atoms with Gasteiger partial charge >= 0.3 is 5.97 Å². The summed E-state index contributed by atoms with van der Waals surface area (Å²) in [5.74, 6) is -0.140. The summed E-state index contributed by atoms with van der Waals surface area (Å²) in [6, 6.07) is 17.1. The molecule has 0 heterocycles. The molecule has 0 fully saturated rings. The Labute approximate surface area is 141 Å². The molecule has 2 aromatic carbocycles. The van der Waals surface area contributed by atoms with Gasteiger partial charge in [-0.05, 0) is 18.1 Å². The molecule has 1 amide bonds. The number of carbonyl (C=O) groups excluding carboxylic acids is 2. The number of para-hydroxylation sites is 1. The maximum absolute atomic E-state index is 11.8. The zero-order chi connectivity index (χ0) is 17.2. The third kappa shape index (κ3) is 5.76. The first-order valence-corrected chi connectivity index (χ1v) is 7.77. The van der Waals surface area contributed by atoms with Crippen LogP contribution in [-0.2, 0) is 27.2 Å². The highest BCUT2D eigenvalue weighted by molar-refractivity contribution is 5.81. The third-order valence-electron chi connectivity index (χ3n) is 3.47. The molecule has 0 unspecified atom stereocenters. The number of carbonyl (C=O) groups is 2. The maximum Gasteiger partial charge on any atom is 0.310 e. The van der Waals surface area contributed by atoms with Gasteiger partial charge in [0.1, 0.15) is 5.75 Å². The number of ether oxygens (including phenoxy) is 2. The summed E-state index contributed by atoms with van der Waals surface area (Å²) < 4.78 is 10.2. The van der Waals surface area contributed by atoms with E-state index in [2.05, 4.69) is 5.32 Å². The number of benzene rings is 2. The minimum absolute atomic E-state index is 0.0707.